The van der Waals surface area contributed by atoms with Gasteiger partial charge in [0.25, 0.3) is 5.91 Å². The molecule has 2 rings (SSSR count). The van der Waals surface area contributed by atoms with Gasteiger partial charge in [0, 0.05) is 29.9 Å². The predicted octanol–water partition coefficient (Wildman–Crippen LogP) is 2.16. The van der Waals surface area contributed by atoms with Gasteiger partial charge in [-0.05, 0) is 36.4 Å². The first-order chi connectivity index (χ1) is 8.97. The predicted molar refractivity (Wildman–Crippen MR) is 79.0 cm³/mol. The van der Waals surface area contributed by atoms with Crippen LogP contribution in [0.15, 0.2) is 53.7 Å². The number of rotatable bonds is 3. The fourth-order valence-electron chi connectivity index (χ4n) is 1.49. The van der Waals surface area contributed by atoms with Crippen LogP contribution in [0.5, 0.6) is 0 Å². The van der Waals surface area contributed by atoms with E-state index in [4.69, 9.17) is 0 Å². The SMILES string of the molecule is CS(=O)(=O)c1ccc(NC(=O)c2ccncc2)cc1.Cl. The average molecular weight is 313 g/mol. The Labute approximate surface area is 123 Å². The molecule has 0 aliphatic carbocycles. The number of nitrogens with one attached hydrogen (secondary N) is 1. The molecular weight excluding hydrogens is 300 g/mol. The van der Waals surface area contributed by atoms with Crippen LogP contribution in [0.25, 0.3) is 0 Å². The summed E-state index contributed by atoms with van der Waals surface area (Å²) >= 11 is 0. The Balaban J connectivity index is 0.00000200. The summed E-state index contributed by atoms with van der Waals surface area (Å²) in [5.74, 6) is -0.269. The van der Waals surface area contributed by atoms with E-state index in [9.17, 15) is 13.2 Å². The number of nitrogens with zero attached hydrogens (tertiary/aromatic N) is 1. The number of hydrogen-bond acceptors (Lipinski definition) is 4. The molecule has 0 aliphatic rings. The van der Waals surface area contributed by atoms with E-state index in [0.717, 1.165) is 6.26 Å². The lowest BCUT2D eigenvalue weighted by Gasteiger charge is -2.05. The quantitative estimate of drug-likeness (QED) is 0.942. The number of halogens is 1. The summed E-state index contributed by atoms with van der Waals surface area (Å²) in [4.78, 5) is 15.9. The van der Waals surface area contributed by atoms with Gasteiger partial charge < -0.3 is 5.32 Å². The van der Waals surface area contributed by atoms with Crippen molar-refractivity contribution in [3.8, 4) is 0 Å². The van der Waals surface area contributed by atoms with E-state index in [1.165, 1.54) is 24.5 Å². The molecule has 5 nitrogen and oxygen atoms in total. The molecule has 20 heavy (non-hydrogen) atoms. The van der Waals surface area contributed by atoms with Crippen LogP contribution in [0, 0.1) is 0 Å². The monoisotopic (exact) mass is 312 g/mol. The Kier molecular flexibility index (Phi) is 5.24. The third-order valence-corrected chi connectivity index (χ3v) is 3.61. The van der Waals surface area contributed by atoms with E-state index in [2.05, 4.69) is 10.3 Å². The molecule has 0 atom stereocenters. The van der Waals surface area contributed by atoms with Crippen molar-refractivity contribution < 1.29 is 13.2 Å². The van der Waals surface area contributed by atoms with Gasteiger partial charge in [-0.15, -0.1) is 12.4 Å². The third-order valence-electron chi connectivity index (χ3n) is 2.48. The van der Waals surface area contributed by atoms with Crippen molar-refractivity contribution in [3.63, 3.8) is 0 Å². The molecule has 1 aromatic carbocycles. The average Bonchev–Trinajstić information content (AvgIpc) is 2.39. The smallest absolute Gasteiger partial charge is 0.255 e. The van der Waals surface area contributed by atoms with Crippen LogP contribution >= 0.6 is 12.4 Å². The summed E-state index contributed by atoms with van der Waals surface area (Å²) in [6.07, 6.45) is 4.20. The second kappa shape index (κ2) is 6.49. The van der Waals surface area contributed by atoms with Crippen molar-refractivity contribution in [1.29, 1.82) is 0 Å². The van der Waals surface area contributed by atoms with Crippen molar-refractivity contribution in [1.82, 2.24) is 4.98 Å². The molecule has 0 bridgehead atoms. The highest BCUT2D eigenvalue weighted by Crippen LogP contribution is 2.14. The minimum absolute atomic E-state index is 0. The van der Waals surface area contributed by atoms with Crippen LogP contribution in [0.2, 0.25) is 0 Å². The minimum Gasteiger partial charge on any atom is -0.322 e. The molecule has 0 saturated heterocycles. The number of anilines is 1. The van der Waals surface area contributed by atoms with Gasteiger partial charge in [0.1, 0.15) is 0 Å². The van der Waals surface area contributed by atoms with Crippen molar-refractivity contribution in [2.75, 3.05) is 11.6 Å². The van der Waals surface area contributed by atoms with Gasteiger partial charge in [-0.2, -0.15) is 0 Å². The summed E-state index contributed by atoms with van der Waals surface area (Å²) in [6.45, 7) is 0. The van der Waals surface area contributed by atoms with E-state index in [0.29, 0.717) is 11.3 Å². The van der Waals surface area contributed by atoms with Crippen LogP contribution in [0.1, 0.15) is 10.4 Å². The molecule has 7 heteroatoms. The minimum atomic E-state index is -3.22. The molecule has 1 heterocycles. The van der Waals surface area contributed by atoms with Crippen molar-refractivity contribution in [2.45, 2.75) is 4.90 Å². The first kappa shape index (κ1) is 16.1. The zero-order chi connectivity index (χ0) is 13.9. The van der Waals surface area contributed by atoms with Gasteiger partial charge in [0.2, 0.25) is 0 Å². The molecule has 0 fully saturated rings. The van der Waals surface area contributed by atoms with Gasteiger partial charge in [-0.1, -0.05) is 0 Å². The summed E-state index contributed by atoms with van der Waals surface area (Å²) in [6, 6.07) is 9.21. The molecule has 1 N–H and O–H groups in total. The van der Waals surface area contributed by atoms with Crippen LogP contribution in [0.4, 0.5) is 5.69 Å². The van der Waals surface area contributed by atoms with Gasteiger partial charge in [0.15, 0.2) is 9.84 Å². The summed E-state index contributed by atoms with van der Waals surface area (Å²) in [5, 5.41) is 2.68. The van der Waals surface area contributed by atoms with E-state index >= 15 is 0 Å². The molecule has 106 valence electrons. The van der Waals surface area contributed by atoms with Crippen molar-refractivity contribution in [3.05, 3.63) is 54.4 Å². The number of sulfone groups is 1. The number of carbonyl (C=O) groups is 1. The number of pyridine rings is 1. The fourth-order valence-corrected chi connectivity index (χ4v) is 2.12. The highest BCUT2D eigenvalue weighted by atomic mass is 35.5. The lowest BCUT2D eigenvalue weighted by atomic mass is 10.2. The maximum Gasteiger partial charge on any atom is 0.255 e. The normalized spacial score (nSPS) is 10.4. The number of aromatic nitrogens is 1. The third kappa shape index (κ3) is 4.04. The molecule has 1 aromatic heterocycles. The Morgan fingerprint density at radius 2 is 1.60 bits per heavy atom. The molecule has 0 unspecified atom stereocenters. The number of hydrogen-bond donors (Lipinski definition) is 1. The molecular formula is C13H13ClN2O3S. The molecule has 0 saturated carbocycles. The van der Waals surface area contributed by atoms with Gasteiger partial charge >= 0.3 is 0 Å². The van der Waals surface area contributed by atoms with Crippen LogP contribution in [0.3, 0.4) is 0 Å². The Morgan fingerprint density at radius 3 is 2.10 bits per heavy atom. The lowest BCUT2D eigenvalue weighted by Crippen LogP contribution is -2.11. The van der Waals surface area contributed by atoms with Gasteiger partial charge in [-0.3, -0.25) is 9.78 Å². The van der Waals surface area contributed by atoms with Crippen LogP contribution < -0.4 is 5.32 Å². The summed E-state index contributed by atoms with van der Waals surface area (Å²) < 4.78 is 22.6. The van der Waals surface area contributed by atoms with Gasteiger partial charge in [0.05, 0.1) is 4.90 Å². The van der Waals surface area contributed by atoms with E-state index in [1.807, 2.05) is 0 Å². The topological polar surface area (TPSA) is 76.1 Å². The fraction of sp³-hybridized carbons (Fsp3) is 0.0769. The second-order valence-corrected chi connectivity index (χ2v) is 6.00. The van der Waals surface area contributed by atoms with Crippen LogP contribution in [-0.2, 0) is 9.84 Å². The van der Waals surface area contributed by atoms with Gasteiger partial charge in [-0.25, -0.2) is 8.42 Å². The number of benzene rings is 1. The maximum atomic E-state index is 11.8. The largest absolute Gasteiger partial charge is 0.322 e. The zero-order valence-electron chi connectivity index (χ0n) is 10.6. The first-order valence-electron chi connectivity index (χ1n) is 5.48. The Bertz CT molecular complexity index is 685. The maximum absolute atomic E-state index is 11.8. The number of amides is 1. The van der Waals surface area contributed by atoms with E-state index < -0.39 is 9.84 Å². The number of carbonyl (C=O) groups excluding carboxylic acids is 1. The highest BCUT2D eigenvalue weighted by molar-refractivity contribution is 7.90. The lowest BCUT2D eigenvalue weighted by molar-refractivity contribution is 0.102. The zero-order valence-corrected chi connectivity index (χ0v) is 12.2. The summed E-state index contributed by atoms with van der Waals surface area (Å²) in [5.41, 5.74) is 1.02. The van der Waals surface area contributed by atoms with Crippen LogP contribution in [-0.4, -0.2) is 25.6 Å². The van der Waals surface area contributed by atoms with E-state index in [-0.39, 0.29) is 23.2 Å². The Hall–Kier alpha value is -1.92. The van der Waals surface area contributed by atoms with Crippen molar-refractivity contribution in [2.24, 2.45) is 0 Å². The molecule has 2 aromatic rings. The molecule has 0 spiro atoms. The highest BCUT2D eigenvalue weighted by Gasteiger charge is 2.08. The molecule has 0 radical (unpaired) electrons. The first-order valence-corrected chi connectivity index (χ1v) is 7.37. The standard InChI is InChI=1S/C13H12N2O3S.ClH/c1-19(17,18)12-4-2-11(3-5-12)15-13(16)10-6-8-14-9-7-10;/h2-9H,1H3,(H,15,16);1H. The van der Waals surface area contributed by atoms with Crippen molar-refractivity contribution >= 4 is 33.8 Å². The molecule has 0 aliphatic heterocycles. The van der Waals surface area contributed by atoms with E-state index in [1.54, 1.807) is 24.3 Å². The second-order valence-electron chi connectivity index (χ2n) is 3.99. The Morgan fingerprint density at radius 1 is 1.05 bits per heavy atom. The molecule has 1 amide bonds. The summed E-state index contributed by atoms with van der Waals surface area (Å²) in [7, 11) is -3.22.